The van der Waals surface area contributed by atoms with Crippen molar-refractivity contribution in [3.8, 4) is 17.2 Å². The van der Waals surface area contributed by atoms with Crippen LogP contribution in [-0.2, 0) is 11.8 Å². The van der Waals surface area contributed by atoms with Crippen LogP contribution < -0.4 is 19.5 Å². The van der Waals surface area contributed by atoms with Gasteiger partial charge in [0.05, 0.1) is 25.7 Å². The predicted molar refractivity (Wildman–Crippen MR) is 115 cm³/mol. The first-order valence-electron chi connectivity index (χ1n) is 9.37. The van der Waals surface area contributed by atoms with Gasteiger partial charge in [-0.1, -0.05) is 11.8 Å². The maximum absolute atomic E-state index is 13.1. The van der Waals surface area contributed by atoms with Gasteiger partial charge in [0.25, 0.3) is 0 Å². The molecule has 0 aliphatic heterocycles. The number of aromatic nitrogens is 3. The van der Waals surface area contributed by atoms with E-state index < -0.39 is 6.10 Å². The van der Waals surface area contributed by atoms with Crippen molar-refractivity contribution in [1.29, 1.82) is 0 Å². The Morgan fingerprint density at radius 2 is 1.84 bits per heavy atom. The largest absolute Gasteiger partial charge is 0.497 e. The molecule has 1 unspecified atom stereocenters. The van der Waals surface area contributed by atoms with Crippen molar-refractivity contribution >= 4 is 23.4 Å². The third-order valence-corrected chi connectivity index (χ3v) is 5.39. The number of hydrogen-bond donors (Lipinski definition) is 1. The zero-order valence-corrected chi connectivity index (χ0v) is 18.4. The van der Waals surface area contributed by atoms with Crippen molar-refractivity contribution in [1.82, 2.24) is 14.8 Å². The van der Waals surface area contributed by atoms with Crippen LogP contribution in [0.3, 0.4) is 0 Å². The fourth-order valence-corrected chi connectivity index (χ4v) is 3.52. The monoisotopic (exact) mass is 446 g/mol. The maximum Gasteiger partial charge on any atom is 0.234 e. The summed E-state index contributed by atoms with van der Waals surface area (Å²) in [5, 5.41) is 11.7. The zero-order chi connectivity index (χ0) is 22.4. The predicted octanol–water partition coefficient (Wildman–Crippen LogP) is 3.84. The number of carbonyl (C=O) groups excluding carboxylic acids is 1. The molecule has 164 valence electrons. The molecule has 1 heterocycles. The van der Waals surface area contributed by atoms with Gasteiger partial charge in [-0.3, -0.25) is 4.79 Å². The van der Waals surface area contributed by atoms with E-state index in [2.05, 4.69) is 15.5 Å². The Bertz CT molecular complexity index is 1040. The molecule has 0 spiro atoms. The van der Waals surface area contributed by atoms with Crippen molar-refractivity contribution in [2.75, 3.05) is 25.3 Å². The summed E-state index contributed by atoms with van der Waals surface area (Å²) < 4.78 is 31.1. The van der Waals surface area contributed by atoms with E-state index in [1.54, 1.807) is 49.1 Å². The molecule has 2 aromatic carbocycles. The first-order chi connectivity index (χ1) is 14.9. The molecular formula is C21H23FN4O4S. The van der Waals surface area contributed by atoms with Crippen molar-refractivity contribution in [3.63, 3.8) is 0 Å². The summed E-state index contributed by atoms with van der Waals surface area (Å²) in [5.41, 5.74) is 0.521. The number of benzene rings is 2. The van der Waals surface area contributed by atoms with E-state index in [-0.39, 0.29) is 17.5 Å². The molecule has 10 heteroatoms. The van der Waals surface area contributed by atoms with Gasteiger partial charge < -0.3 is 24.1 Å². The Balaban J connectivity index is 1.60. The smallest absolute Gasteiger partial charge is 0.234 e. The van der Waals surface area contributed by atoms with Crippen LogP contribution in [0.2, 0.25) is 0 Å². The standard InChI is InChI=1S/C21H23FN4O4S/c1-13(30-15-7-5-14(22)6-8-15)20-24-25-21(26(20)2)31-12-19(27)23-17-11-16(28-3)9-10-18(17)29-4/h5-11,13H,12H2,1-4H3,(H,23,27). The maximum atomic E-state index is 13.1. The van der Waals surface area contributed by atoms with E-state index in [1.807, 2.05) is 6.92 Å². The van der Waals surface area contributed by atoms with Crippen molar-refractivity contribution < 1.29 is 23.4 Å². The summed E-state index contributed by atoms with van der Waals surface area (Å²) in [6, 6.07) is 10.9. The highest BCUT2D eigenvalue weighted by Crippen LogP contribution is 2.29. The lowest BCUT2D eigenvalue weighted by Crippen LogP contribution is -2.15. The third kappa shape index (κ3) is 5.66. The molecule has 3 rings (SSSR count). The Hall–Kier alpha value is -3.27. The summed E-state index contributed by atoms with van der Waals surface area (Å²) >= 11 is 1.24. The van der Waals surface area contributed by atoms with Crippen molar-refractivity contribution in [2.24, 2.45) is 7.05 Å². The second-order valence-corrected chi connectivity index (χ2v) is 7.46. The SMILES string of the molecule is COc1ccc(OC)c(NC(=O)CSc2nnc(C(C)Oc3ccc(F)cc3)n2C)c1. The molecule has 1 N–H and O–H groups in total. The molecule has 8 nitrogen and oxygen atoms in total. The number of carbonyl (C=O) groups is 1. The number of ether oxygens (including phenoxy) is 3. The summed E-state index contributed by atoms with van der Waals surface area (Å²) in [4.78, 5) is 12.4. The van der Waals surface area contributed by atoms with Crippen LogP contribution in [0.15, 0.2) is 47.6 Å². The average Bonchev–Trinajstić information content (AvgIpc) is 3.14. The Morgan fingerprint density at radius 1 is 1.13 bits per heavy atom. The molecular weight excluding hydrogens is 423 g/mol. The number of hydrogen-bond acceptors (Lipinski definition) is 7. The minimum atomic E-state index is -0.410. The number of methoxy groups -OCH3 is 2. The fourth-order valence-electron chi connectivity index (χ4n) is 2.80. The van der Waals surface area contributed by atoms with Gasteiger partial charge in [-0.05, 0) is 43.3 Å². The summed E-state index contributed by atoms with van der Waals surface area (Å²) in [5.74, 6) is 1.82. The van der Waals surface area contributed by atoms with Gasteiger partial charge in [0.1, 0.15) is 23.1 Å². The number of nitrogens with zero attached hydrogens (tertiary/aromatic N) is 3. The van der Waals surface area contributed by atoms with E-state index >= 15 is 0 Å². The Labute approximate surface area is 183 Å². The summed E-state index contributed by atoms with van der Waals surface area (Å²) in [6.45, 7) is 1.82. The molecule has 0 saturated heterocycles. The number of amides is 1. The van der Waals surface area contributed by atoms with Crippen LogP contribution in [0.4, 0.5) is 10.1 Å². The molecule has 0 aliphatic rings. The van der Waals surface area contributed by atoms with Gasteiger partial charge in [-0.2, -0.15) is 0 Å². The lowest BCUT2D eigenvalue weighted by atomic mass is 10.2. The van der Waals surface area contributed by atoms with E-state index in [1.165, 1.54) is 31.0 Å². The molecule has 3 aromatic rings. The van der Waals surface area contributed by atoms with Crippen molar-refractivity contribution in [3.05, 3.63) is 54.1 Å². The first-order valence-corrected chi connectivity index (χ1v) is 10.4. The normalized spacial score (nSPS) is 11.6. The highest BCUT2D eigenvalue weighted by Gasteiger charge is 2.18. The van der Waals surface area contributed by atoms with Gasteiger partial charge in [0.15, 0.2) is 17.1 Å². The van der Waals surface area contributed by atoms with E-state index in [0.29, 0.717) is 33.9 Å². The minimum Gasteiger partial charge on any atom is -0.497 e. The molecule has 0 bridgehead atoms. The van der Waals surface area contributed by atoms with Crippen LogP contribution in [0.25, 0.3) is 0 Å². The first kappa shape index (κ1) is 22.4. The van der Waals surface area contributed by atoms with Crippen LogP contribution >= 0.6 is 11.8 Å². The second-order valence-electron chi connectivity index (χ2n) is 6.52. The van der Waals surface area contributed by atoms with Gasteiger partial charge in [0, 0.05) is 13.1 Å². The zero-order valence-electron chi connectivity index (χ0n) is 17.6. The fraction of sp³-hybridized carbons (Fsp3) is 0.286. The van der Waals surface area contributed by atoms with Crippen LogP contribution in [0.1, 0.15) is 18.9 Å². The molecule has 0 radical (unpaired) electrons. The number of anilines is 1. The third-order valence-electron chi connectivity index (χ3n) is 4.37. The summed E-state index contributed by atoms with van der Waals surface area (Å²) in [6.07, 6.45) is -0.410. The number of nitrogens with one attached hydrogen (secondary N) is 1. The molecule has 31 heavy (non-hydrogen) atoms. The minimum absolute atomic E-state index is 0.125. The molecule has 1 amide bonds. The van der Waals surface area contributed by atoms with Gasteiger partial charge in [-0.15, -0.1) is 10.2 Å². The molecule has 0 saturated carbocycles. The average molecular weight is 447 g/mol. The van der Waals surface area contributed by atoms with Crippen LogP contribution in [0, 0.1) is 5.82 Å². The van der Waals surface area contributed by atoms with E-state index in [4.69, 9.17) is 14.2 Å². The number of thioether (sulfide) groups is 1. The second kappa shape index (κ2) is 10.2. The van der Waals surface area contributed by atoms with E-state index in [9.17, 15) is 9.18 Å². The number of rotatable bonds is 9. The summed E-state index contributed by atoms with van der Waals surface area (Å²) in [7, 11) is 4.88. The molecule has 1 aromatic heterocycles. The van der Waals surface area contributed by atoms with Gasteiger partial charge in [-0.25, -0.2) is 4.39 Å². The van der Waals surface area contributed by atoms with Crippen LogP contribution in [-0.4, -0.2) is 40.6 Å². The Morgan fingerprint density at radius 3 is 2.52 bits per heavy atom. The van der Waals surface area contributed by atoms with E-state index in [0.717, 1.165) is 0 Å². The van der Waals surface area contributed by atoms with Crippen molar-refractivity contribution in [2.45, 2.75) is 18.2 Å². The topological polar surface area (TPSA) is 87.5 Å². The molecule has 1 atom stereocenters. The lowest BCUT2D eigenvalue weighted by Gasteiger charge is -2.14. The number of halogens is 1. The Kier molecular flexibility index (Phi) is 7.35. The lowest BCUT2D eigenvalue weighted by molar-refractivity contribution is -0.113. The van der Waals surface area contributed by atoms with Gasteiger partial charge in [0.2, 0.25) is 5.91 Å². The van der Waals surface area contributed by atoms with Gasteiger partial charge >= 0.3 is 0 Å². The highest BCUT2D eigenvalue weighted by molar-refractivity contribution is 7.99. The van der Waals surface area contributed by atoms with Crippen LogP contribution in [0.5, 0.6) is 17.2 Å². The molecule has 0 fully saturated rings. The molecule has 0 aliphatic carbocycles. The quantitative estimate of drug-likeness (QED) is 0.500. The highest BCUT2D eigenvalue weighted by atomic mass is 32.2.